The molecule has 0 radical (unpaired) electrons. The van der Waals surface area contributed by atoms with Crippen LogP contribution in [0, 0.1) is 34.5 Å². The van der Waals surface area contributed by atoms with Crippen molar-refractivity contribution in [1.82, 2.24) is 0 Å². The van der Waals surface area contributed by atoms with Gasteiger partial charge in [-0.15, -0.1) is 0 Å². The van der Waals surface area contributed by atoms with Crippen LogP contribution in [0.15, 0.2) is 35.5 Å². The Morgan fingerprint density at radius 1 is 0.778 bits per heavy atom. The zero-order valence-corrected chi connectivity index (χ0v) is 33.6. The van der Waals surface area contributed by atoms with Crippen LogP contribution in [0.25, 0.3) is 0 Å². The van der Waals surface area contributed by atoms with Gasteiger partial charge in [0, 0.05) is 11.5 Å². The minimum absolute atomic E-state index is 0.0214. The Hall–Kier alpha value is -0.779. The Morgan fingerprint density at radius 3 is 2.11 bits per heavy atom. The number of rotatable bonds is 11. The summed E-state index contributed by atoms with van der Waals surface area (Å²) in [5.41, 5.74) is 2.16. The van der Waals surface area contributed by atoms with E-state index in [-0.39, 0.29) is 5.41 Å². The SMILES string of the molecule is C[C@]12CC[C@H](O[Si](C)(C)C)C[C@H]1CC[C@@H]1[C@@H]2CC[C@@]2(C)[C@H]1CC[C@]2(O[Si](C)(C)C)/C(CO[Si](C)(C)C)=N\OCc1ccccc1. The standard InChI is InChI=1S/C37H65NO4Si3/c1-35-22-19-30(41-44(6,7)8)25-29(35)17-18-31-32(35)20-23-36(2)33(31)21-24-37(36,42-45(9,10)11)34(27-40-43(3,4)5)38-39-26-28-15-13-12-14-16-28/h12-16,29-33H,17-27H2,1-11H3/b38-34-/t29-,30+,31-,32+,33+,35+,36+,37+/m1/s1. The fourth-order valence-electron chi connectivity index (χ4n) is 10.3. The molecule has 8 atom stereocenters. The van der Waals surface area contributed by atoms with Crippen molar-refractivity contribution in [3.8, 4) is 0 Å². The first-order valence-electron chi connectivity index (χ1n) is 18.1. The van der Waals surface area contributed by atoms with Crippen molar-refractivity contribution >= 4 is 30.7 Å². The van der Waals surface area contributed by atoms with Gasteiger partial charge in [0.15, 0.2) is 25.0 Å². The molecule has 1 aromatic carbocycles. The van der Waals surface area contributed by atoms with Crippen LogP contribution in [0.5, 0.6) is 0 Å². The Kier molecular flexibility index (Phi) is 10.2. The van der Waals surface area contributed by atoms with E-state index in [0.29, 0.717) is 30.7 Å². The lowest BCUT2D eigenvalue weighted by Crippen LogP contribution is -2.62. The summed E-state index contributed by atoms with van der Waals surface area (Å²) in [5.74, 6) is 3.01. The van der Waals surface area contributed by atoms with Gasteiger partial charge in [0.1, 0.15) is 17.9 Å². The van der Waals surface area contributed by atoms with Crippen LogP contribution in [0.2, 0.25) is 58.9 Å². The first-order chi connectivity index (χ1) is 20.9. The van der Waals surface area contributed by atoms with E-state index < -0.39 is 30.6 Å². The normalized spacial score (nSPS) is 37.5. The maximum Gasteiger partial charge on any atom is 0.185 e. The number of benzene rings is 1. The maximum atomic E-state index is 7.51. The van der Waals surface area contributed by atoms with Crippen molar-refractivity contribution < 1.29 is 18.1 Å². The lowest BCUT2D eigenvalue weighted by atomic mass is 9.44. The molecule has 5 nitrogen and oxygen atoms in total. The van der Waals surface area contributed by atoms with Crippen LogP contribution >= 0.6 is 0 Å². The second-order valence-corrected chi connectivity index (χ2v) is 31.9. The summed E-state index contributed by atoms with van der Waals surface area (Å²) in [6, 6.07) is 10.4. The minimum atomic E-state index is -1.96. The number of fused-ring (bicyclic) bond motifs is 5. The summed E-state index contributed by atoms with van der Waals surface area (Å²) in [7, 11) is -5.29. The van der Waals surface area contributed by atoms with Crippen LogP contribution in [0.3, 0.4) is 0 Å². The molecule has 0 spiro atoms. The Bertz CT molecular complexity index is 1190. The van der Waals surface area contributed by atoms with E-state index in [1.165, 1.54) is 51.4 Å². The average Bonchev–Trinajstić information content (AvgIpc) is 3.21. The molecule has 45 heavy (non-hydrogen) atoms. The highest BCUT2D eigenvalue weighted by molar-refractivity contribution is 6.70. The second kappa shape index (κ2) is 12.9. The Morgan fingerprint density at radius 2 is 1.47 bits per heavy atom. The lowest BCUT2D eigenvalue weighted by molar-refractivity contribution is -0.139. The fourth-order valence-corrected chi connectivity index (χ4v) is 13.6. The van der Waals surface area contributed by atoms with E-state index in [4.69, 9.17) is 23.3 Å². The molecule has 0 aromatic heterocycles. The van der Waals surface area contributed by atoms with E-state index in [1.54, 1.807) is 0 Å². The zero-order valence-electron chi connectivity index (χ0n) is 30.6. The molecule has 0 saturated heterocycles. The Labute approximate surface area is 279 Å². The molecule has 5 rings (SSSR count). The minimum Gasteiger partial charge on any atom is -0.415 e. The number of hydrogen-bond donors (Lipinski definition) is 0. The van der Waals surface area contributed by atoms with Crippen LogP contribution < -0.4 is 0 Å². The third-order valence-electron chi connectivity index (χ3n) is 12.1. The van der Waals surface area contributed by atoms with Gasteiger partial charge in [-0.25, -0.2) is 0 Å². The van der Waals surface area contributed by atoms with Gasteiger partial charge in [-0.05, 0) is 151 Å². The van der Waals surface area contributed by atoms with E-state index in [0.717, 1.165) is 35.4 Å². The molecule has 8 heteroatoms. The van der Waals surface area contributed by atoms with Gasteiger partial charge in [0.05, 0.1) is 6.61 Å². The quantitative estimate of drug-likeness (QED) is 0.133. The first-order valence-corrected chi connectivity index (χ1v) is 28.3. The van der Waals surface area contributed by atoms with E-state index in [1.807, 2.05) is 6.07 Å². The number of nitrogens with zero attached hydrogens (tertiary/aromatic N) is 1. The van der Waals surface area contributed by atoms with Gasteiger partial charge >= 0.3 is 0 Å². The second-order valence-electron chi connectivity index (χ2n) is 18.5. The first kappa shape index (κ1) is 35.5. The van der Waals surface area contributed by atoms with Gasteiger partial charge in [0.2, 0.25) is 0 Å². The van der Waals surface area contributed by atoms with Gasteiger partial charge in [-0.3, -0.25) is 0 Å². The summed E-state index contributed by atoms with van der Waals surface area (Å²) >= 11 is 0. The van der Waals surface area contributed by atoms with E-state index in [9.17, 15) is 0 Å². The molecule has 0 N–H and O–H groups in total. The smallest absolute Gasteiger partial charge is 0.185 e. The van der Waals surface area contributed by atoms with Crippen molar-refractivity contribution in [3.05, 3.63) is 35.9 Å². The maximum absolute atomic E-state index is 7.51. The van der Waals surface area contributed by atoms with Crippen LogP contribution in [0.1, 0.15) is 77.2 Å². The molecule has 4 aliphatic carbocycles. The summed E-state index contributed by atoms with van der Waals surface area (Å²) in [4.78, 5) is 6.21. The van der Waals surface area contributed by atoms with Crippen molar-refractivity contribution in [2.24, 2.45) is 39.7 Å². The Balaban J connectivity index is 1.45. The van der Waals surface area contributed by atoms with Crippen LogP contribution in [-0.4, -0.2) is 49.0 Å². The summed E-state index contributed by atoms with van der Waals surface area (Å²) in [5, 5.41) is 5.02. The third kappa shape index (κ3) is 7.61. The molecule has 254 valence electrons. The summed E-state index contributed by atoms with van der Waals surface area (Å²) < 4.78 is 20.9. The summed E-state index contributed by atoms with van der Waals surface area (Å²) in [6.45, 7) is 27.2. The van der Waals surface area contributed by atoms with Crippen LogP contribution in [0.4, 0.5) is 0 Å². The molecule has 0 amide bonds. The zero-order chi connectivity index (χ0) is 32.9. The topological polar surface area (TPSA) is 49.3 Å². The largest absolute Gasteiger partial charge is 0.415 e. The van der Waals surface area contributed by atoms with Crippen molar-refractivity contribution in [1.29, 1.82) is 0 Å². The van der Waals surface area contributed by atoms with Gasteiger partial charge in [-0.2, -0.15) is 0 Å². The molecule has 0 bridgehead atoms. The van der Waals surface area contributed by atoms with Gasteiger partial charge in [-0.1, -0.05) is 49.3 Å². The molecule has 0 heterocycles. The lowest BCUT2D eigenvalue weighted by Gasteiger charge is -2.62. The third-order valence-corrected chi connectivity index (χ3v) is 15.1. The molecule has 4 aliphatic rings. The number of hydrogen-bond acceptors (Lipinski definition) is 5. The molecular formula is C37H65NO4Si3. The van der Waals surface area contributed by atoms with Crippen molar-refractivity contribution in [3.63, 3.8) is 0 Å². The van der Waals surface area contributed by atoms with Crippen LogP contribution in [-0.2, 0) is 24.7 Å². The monoisotopic (exact) mass is 671 g/mol. The molecule has 4 fully saturated rings. The fraction of sp³-hybridized carbons (Fsp3) is 0.811. The molecule has 4 saturated carbocycles. The molecular weight excluding hydrogens is 607 g/mol. The molecule has 0 aliphatic heterocycles. The van der Waals surface area contributed by atoms with Gasteiger partial charge < -0.3 is 18.1 Å². The predicted molar refractivity (Wildman–Crippen MR) is 195 cm³/mol. The summed E-state index contributed by atoms with van der Waals surface area (Å²) in [6.07, 6.45) is 11.8. The van der Waals surface area contributed by atoms with Gasteiger partial charge in [0.25, 0.3) is 0 Å². The highest BCUT2D eigenvalue weighted by Gasteiger charge is 2.68. The highest BCUT2D eigenvalue weighted by Crippen LogP contribution is 2.69. The van der Waals surface area contributed by atoms with E-state index >= 15 is 0 Å². The predicted octanol–water partition coefficient (Wildman–Crippen LogP) is 10.3. The van der Waals surface area contributed by atoms with Crippen molar-refractivity contribution in [2.75, 3.05) is 6.61 Å². The number of oxime groups is 1. The highest BCUT2D eigenvalue weighted by atomic mass is 28.4. The average molecular weight is 672 g/mol. The molecule has 0 unspecified atom stereocenters. The van der Waals surface area contributed by atoms with E-state index in [2.05, 4.69) is 97.0 Å². The van der Waals surface area contributed by atoms with Crippen molar-refractivity contribution in [2.45, 2.75) is 149 Å². The molecule has 1 aromatic rings.